The van der Waals surface area contributed by atoms with Crippen molar-refractivity contribution < 1.29 is 29.3 Å². The van der Waals surface area contributed by atoms with E-state index in [1.807, 2.05) is 36.1 Å². The lowest BCUT2D eigenvalue weighted by Crippen LogP contribution is -2.44. The Balaban J connectivity index is 0.000000512. The summed E-state index contributed by atoms with van der Waals surface area (Å²) >= 11 is 0. The molecule has 1 fully saturated rings. The molecule has 2 atom stereocenters. The molecular weight excluding hydrogens is 398 g/mol. The highest BCUT2D eigenvalue weighted by Crippen LogP contribution is 2.25. The predicted molar refractivity (Wildman–Crippen MR) is 120 cm³/mol. The number of aliphatic hydroxyl groups is 1. The van der Waals surface area contributed by atoms with Crippen molar-refractivity contribution in [3.63, 3.8) is 0 Å². The van der Waals surface area contributed by atoms with Crippen molar-refractivity contribution in [1.82, 2.24) is 4.90 Å². The minimum atomic E-state index is -0.807. The molecule has 0 saturated carbocycles. The summed E-state index contributed by atoms with van der Waals surface area (Å²) in [7, 11) is 1.65. The van der Waals surface area contributed by atoms with Crippen LogP contribution in [0.3, 0.4) is 0 Å². The Morgan fingerprint density at radius 3 is 2.68 bits per heavy atom. The van der Waals surface area contributed by atoms with Crippen molar-refractivity contribution in [2.45, 2.75) is 77.4 Å². The molecule has 0 aliphatic carbocycles. The number of hydrogen-bond donors (Lipinski definition) is 2. The van der Waals surface area contributed by atoms with Gasteiger partial charge in [0.15, 0.2) is 0 Å². The van der Waals surface area contributed by atoms with Crippen LogP contribution in [0.15, 0.2) is 24.3 Å². The molecule has 2 N–H and O–H groups in total. The molecule has 1 amide bonds. The minimum absolute atomic E-state index is 0.105. The van der Waals surface area contributed by atoms with E-state index < -0.39 is 12.1 Å². The number of carbonyl (C=O) groups is 2. The zero-order chi connectivity index (χ0) is 23.1. The second kappa shape index (κ2) is 15.6. The lowest BCUT2D eigenvalue weighted by molar-refractivity contribution is -0.138. The second-order valence-electron chi connectivity index (χ2n) is 7.72. The van der Waals surface area contributed by atoms with Crippen LogP contribution in [-0.2, 0) is 20.7 Å². The molecule has 2 unspecified atom stereocenters. The number of piperidine rings is 1. The molecule has 1 aliphatic rings. The first kappa shape index (κ1) is 26.9. The number of amides is 1. The normalized spacial score (nSPS) is 17.0. The molecule has 176 valence electrons. The fraction of sp³-hybridized carbons (Fsp3) is 0.667. The largest absolute Gasteiger partial charge is 0.496 e. The lowest BCUT2D eigenvalue weighted by Gasteiger charge is -2.36. The molecular formula is C24H39NO6. The zero-order valence-electron chi connectivity index (χ0n) is 19.2. The molecule has 1 aromatic rings. The summed E-state index contributed by atoms with van der Waals surface area (Å²) in [5, 5.41) is 18.4. The van der Waals surface area contributed by atoms with Crippen molar-refractivity contribution in [2.24, 2.45) is 0 Å². The van der Waals surface area contributed by atoms with Gasteiger partial charge in [-0.3, -0.25) is 9.59 Å². The number of aliphatic carboxylic acids is 1. The third kappa shape index (κ3) is 10.6. The van der Waals surface area contributed by atoms with Crippen LogP contribution in [0.5, 0.6) is 5.75 Å². The van der Waals surface area contributed by atoms with E-state index in [-0.39, 0.29) is 12.3 Å². The Kier molecular flexibility index (Phi) is 13.6. The highest BCUT2D eigenvalue weighted by Gasteiger charge is 2.27. The molecule has 7 nitrogen and oxygen atoms in total. The smallest absolute Gasteiger partial charge is 0.305 e. The average molecular weight is 438 g/mol. The zero-order valence-corrected chi connectivity index (χ0v) is 19.2. The number of para-hydroxylation sites is 1. The van der Waals surface area contributed by atoms with Gasteiger partial charge in [-0.15, -0.1) is 0 Å². The summed E-state index contributed by atoms with van der Waals surface area (Å²) in [4.78, 5) is 23.9. The number of aliphatic hydroxyl groups excluding tert-OH is 1. The van der Waals surface area contributed by atoms with Gasteiger partial charge in [0.1, 0.15) is 5.75 Å². The topological polar surface area (TPSA) is 96.3 Å². The maximum absolute atomic E-state index is 12.1. The summed E-state index contributed by atoms with van der Waals surface area (Å²) in [5.74, 6) is 0.299. The average Bonchev–Trinajstić information content (AvgIpc) is 2.75. The van der Waals surface area contributed by atoms with Gasteiger partial charge < -0.3 is 24.6 Å². The van der Waals surface area contributed by atoms with Crippen LogP contribution in [0.2, 0.25) is 0 Å². The van der Waals surface area contributed by atoms with E-state index in [1.54, 1.807) is 7.11 Å². The van der Waals surface area contributed by atoms with Gasteiger partial charge in [0.2, 0.25) is 5.91 Å². The summed E-state index contributed by atoms with van der Waals surface area (Å²) in [6.45, 7) is 5.70. The summed E-state index contributed by atoms with van der Waals surface area (Å²) in [6, 6.07) is 8.11. The Morgan fingerprint density at radius 1 is 1.29 bits per heavy atom. The Labute approximate surface area is 186 Å². The van der Waals surface area contributed by atoms with Gasteiger partial charge in [-0.2, -0.15) is 0 Å². The van der Waals surface area contributed by atoms with Crippen LogP contribution in [0, 0.1) is 0 Å². The molecule has 1 saturated heterocycles. The number of benzene rings is 1. The Bertz CT molecular complexity index is 651. The van der Waals surface area contributed by atoms with Crippen molar-refractivity contribution in [3.8, 4) is 5.75 Å². The van der Waals surface area contributed by atoms with E-state index in [1.165, 1.54) is 0 Å². The van der Waals surface area contributed by atoms with Gasteiger partial charge >= 0.3 is 5.97 Å². The SMILES string of the molecule is CCCN1C(=O)CCCC1CCC(O)Cc1ccccc1OC.CCOCCC(=O)O. The maximum atomic E-state index is 12.1. The van der Waals surface area contributed by atoms with Crippen LogP contribution in [0.25, 0.3) is 0 Å². The number of carbonyl (C=O) groups excluding carboxylic acids is 1. The number of likely N-dealkylation sites (tertiary alicyclic amines) is 1. The van der Waals surface area contributed by atoms with E-state index in [0.29, 0.717) is 32.1 Å². The van der Waals surface area contributed by atoms with Gasteiger partial charge in [0.25, 0.3) is 0 Å². The molecule has 0 spiro atoms. The van der Waals surface area contributed by atoms with Crippen LogP contribution in [0.1, 0.15) is 64.4 Å². The van der Waals surface area contributed by atoms with Crippen molar-refractivity contribution >= 4 is 11.9 Å². The molecule has 31 heavy (non-hydrogen) atoms. The number of carboxylic acids is 1. The maximum Gasteiger partial charge on any atom is 0.305 e. The molecule has 1 aromatic carbocycles. The van der Waals surface area contributed by atoms with E-state index in [2.05, 4.69) is 6.92 Å². The summed E-state index contributed by atoms with van der Waals surface area (Å²) < 4.78 is 10.1. The highest BCUT2D eigenvalue weighted by molar-refractivity contribution is 5.77. The third-order valence-corrected chi connectivity index (χ3v) is 5.30. The van der Waals surface area contributed by atoms with Crippen molar-refractivity contribution in [3.05, 3.63) is 29.8 Å². The van der Waals surface area contributed by atoms with Gasteiger partial charge in [-0.25, -0.2) is 0 Å². The first-order valence-corrected chi connectivity index (χ1v) is 11.3. The monoisotopic (exact) mass is 437 g/mol. The molecule has 2 rings (SSSR count). The van der Waals surface area contributed by atoms with Crippen LogP contribution >= 0.6 is 0 Å². The summed E-state index contributed by atoms with van der Waals surface area (Å²) in [5.41, 5.74) is 1.03. The number of rotatable bonds is 12. The fourth-order valence-corrected chi connectivity index (χ4v) is 3.76. The number of methoxy groups -OCH3 is 1. The van der Waals surface area contributed by atoms with Crippen molar-refractivity contribution in [1.29, 1.82) is 0 Å². The van der Waals surface area contributed by atoms with Crippen LogP contribution < -0.4 is 4.74 Å². The van der Waals surface area contributed by atoms with E-state index in [9.17, 15) is 14.7 Å². The number of hydrogen-bond acceptors (Lipinski definition) is 5. The second-order valence-corrected chi connectivity index (χ2v) is 7.72. The van der Waals surface area contributed by atoms with Crippen molar-refractivity contribution in [2.75, 3.05) is 26.9 Å². The van der Waals surface area contributed by atoms with Gasteiger partial charge in [-0.05, 0) is 50.7 Å². The van der Waals surface area contributed by atoms with E-state index >= 15 is 0 Å². The number of carboxylic acid groups (broad SMARTS) is 1. The lowest BCUT2D eigenvalue weighted by atomic mass is 9.94. The van der Waals surface area contributed by atoms with Crippen LogP contribution in [0.4, 0.5) is 0 Å². The summed E-state index contributed by atoms with van der Waals surface area (Å²) in [6.07, 6.45) is 5.61. The minimum Gasteiger partial charge on any atom is -0.496 e. The quantitative estimate of drug-likeness (QED) is 0.485. The van der Waals surface area contributed by atoms with Gasteiger partial charge in [-0.1, -0.05) is 25.1 Å². The predicted octanol–water partition coefficient (Wildman–Crippen LogP) is 3.67. The fourth-order valence-electron chi connectivity index (χ4n) is 3.76. The Hall–Kier alpha value is -2.12. The Morgan fingerprint density at radius 2 is 2.03 bits per heavy atom. The molecule has 0 aromatic heterocycles. The molecule has 7 heteroatoms. The van der Waals surface area contributed by atoms with Gasteiger partial charge in [0, 0.05) is 32.0 Å². The van der Waals surface area contributed by atoms with Crippen LogP contribution in [-0.4, -0.2) is 66.0 Å². The van der Waals surface area contributed by atoms with Gasteiger partial charge in [0.05, 0.1) is 26.2 Å². The molecule has 1 aliphatic heterocycles. The van der Waals surface area contributed by atoms with E-state index in [0.717, 1.165) is 50.0 Å². The first-order valence-electron chi connectivity index (χ1n) is 11.3. The number of nitrogens with zero attached hydrogens (tertiary/aromatic N) is 1. The highest BCUT2D eigenvalue weighted by atomic mass is 16.5. The molecule has 0 bridgehead atoms. The molecule has 1 heterocycles. The molecule has 0 radical (unpaired) electrons. The standard InChI is InChI=1S/C19H29NO3.C5H10O3/c1-3-13-20-16(8-6-10-19(20)22)11-12-17(21)14-15-7-4-5-9-18(15)23-2;1-2-8-4-3-5(6)7/h4-5,7,9,16-17,21H,3,6,8,10-14H2,1-2H3;2-4H2,1H3,(H,6,7). The number of ether oxygens (including phenoxy) is 2. The first-order chi connectivity index (χ1) is 14.9. The van der Waals surface area contributed by atoms with E-state index in [4.69, 9.17) is 14.6 Å². The third-order valence-electron chi connectivity index (χ3n) is 5.30.